The molecule has 6 heteroatoms. The van der Waals surface area contributed by atoms with E-state index in [9.17, 15) is 4.79 Å². The second kappa shape index (κ2) is 5.92. The fourth-order valence-corrected chi connectivity index (χ4v) is 2.50. The summed E-state index contributed by atoms with van der Waals surface area (Å²) in [6.07, 6.45) is 1.56. The van der Waals surface area contributed by atoms with Crippen molar-refractivity contribution >= 4 is 33.2 Å². The third-order valence-electron chi connectivity index (χ3n) is 2.71. The molecule has 0 spiro atoms. The summed E-state index contributed by atoms with van der Waals surface area (Å²) in [5.74, 6) is -0.0574. The number of pyridine rings is 1. The maximum atomic E-state index is 12.3. The molecule has 20 heavy (non-hydrogen) atoms. The zero-order valence-electron chi connectivity index (χ0n) is 11.1. The van der Waals surface area contributed by atoms with Crippen molar-refractivity contribution in [1.29, 1.82) is 0 Å². The summed E-state index contributed by atoms with van der Waals surface area (Å²) in [5.41, 5.74) is 8.31. The summed E-state index contributed by atoms with van der Waals surface area (Å²) in [7, 11) is 1.47. The molecule has 1 heterocycles. The zero-order chi connectivity index (χ0) is 14.7. The molecule has 0 atom stereocenters. The average Bonchev–Trinajstić information content (AvgIpc) is 2.42. The van der Waals surface area contributed by atoms with Crippen molar-refractivity contribution in [3.05, 3.63) is 46.1 Å². The first-order valence-corrected chi connectivity index (χ1v) is 6.68. The minimum Gasteiger partial charge on any atom is -0.480 e. The quantitative estimate of drug-likeness (QED) is 0.845. The third kappa shape index (κ3) is 2.91. The van der Waals surface area contributed by atoms with Crippen LogP contribution < -0.4 is 15.8 Å². The predicted octanol–water partition coefficient (Wildman–Crippen LogP) is 3.00. The molecule has 0 aliphatic carbocycles. The lowest BCUT2D eigenvalue weighted by Gasteiger charge is -2.12. The van der Waals surface area contributed by atoms with Gasteiger partial charge < -0.3 is 15.8 Å². The van der Waals surface area contributed by atoms with Gasteiger partial charge in [-0.2, -0.15) is 0 Å². The lowest BCUT2D eigenvalue weighted by atomic mass is 10.2. The smallest absolute Gasteiger partial charge is 0.261 e. The van der Waals surface area contributed by atoms with Gasteiger partial charge >= 0.3 is 0 Å². The average molecular weight is 336 g/mol. The normalized spacial score (nSPS) is 10.2. The summed E-state index contributed by atoms with van der Waals surface area (Å²) >= 11 is 3.39. The highest BCUT2D eigenvalue weighted by Gasteiger charge is 2.15. The molecule has 2 rings (SSSR count). The largest absolute Gasteiger partial charge is 0.480 e. The Balaban J connectivity index is 2.33. The number of benzene rings is 1. The molecule has 2 aromatic rings. The van der Waals surface area contributed by atoms with Crippen molar-refractivity contribution in [2.24, 2.45) is 0 Å². The Morgan fingerprint density at radius 2 is 2.20 bits per heavy atom. The Kier molecular flexibility index (Phi) is 4.24. The van der Waals surface area contributed by atoms with Gasteiger partial charge in [0.2, 0.25) is 5.88 Å². The molecule has 0 unspecified atom stereocenters. The number of hydrogen-bond acceptors (Lipinski definition) is 4. The second-order valence-electron chi connectivity index (χ2n) is 4.23. The number of aromatic nitrogens is 1. The minimum atomic E-state index is -0.328. The molecule has 0 bridgehead atoms. The van der Waals surface area contributed by atoms with Gasteiger partial charge in [0.15, 0.2) is 0 Å². The van der Waals surface area contributed by atoms with E-state index >= 15 is 0 Å². The lowest BCUT2D eigenvalue weighted by molar-refractivity contribution is 0.102. The second-order valence-corrected chi connectivity index (χ2v) is 5.08. The molecule has 1 aromatic carbocycles. The molecular weight excluding hydrogens is 322 g/mol. The van der Waals surface area contributed by atoms with E-state index in [0.717, 1.165) is 10.0 Å². The summed E-state index contributed by atoms with van der Waals surface area (Å²) in [6.45, 7) is 1.93. The first kappa shape index (κ1) is 14.3. The molecule has 0 saturated heterocycles. The van der Waals surface area contributed by atoms with E-state index < -0.39 is 0 Å². The SMILES string of the molecule is COc1ncccc1C(=O)Nc1c(N)cc(C)cc1Br. The molecule has 104 valence electrons. The lowest BCUT2D eigenvalue weighted by Crippen LogP contribution is -2.15. The topological polar surface area (TPSA) is 77.2 Å². The number of ether oxygens (including phenoxy) is 1. The van der Waals surface area contributed by atoms with E-state index in [4.69, 9.17) is 10.5 Å². The zero-order valence-corrected chi connectivity index (χ0v) is 12.7. The van der Waals surface area contributed by atoms with Crippen LogP contribution in [0.15, 0.2) is 34.9 Å². The third-order valence-corrected chi connectivity index (χ3v) is 3.34. The maximum absolute atomic E-state index is 12.3. The molecule has 0 aliphatic rings. The molecule has 1 aromatic heterocycles. The number of carbonyl (C=O) groups excluding carboxylic acids is 1. The van der Waals surface area contributed by atoms with Gasteiger partial charge in [-0.25, -0.2) is 4.98 Å². The number of anilines is 2. The van der Waals surface area contributed by atoms with E-state index in [2.05, 4.69) is 26.2 Å². The number of amides is 1. The molecular formula is C14H14BrN3O2. The number of hydrogen-bond donors (Lipinski definition) is 2. The number of nitrogen functional groups attached to an aromatic ring is 1. The van der Waals surface area contributed by atoms with Gasteiger partial charge in [0.1, 0.15) is 5.56 Å². The molecule has 0 saturated carbocycles. The summed E-state index contributed by atoms with van der Waals surface area (Å²) in [6, 6.07) is 6.98. The summed E-state index contributed by atoms with van der Waals surface area (Å²) in [4.78, 5) is 16.3. The van der Waals surface area contributed by atoms with Crippen LogP contribution in [0, 0.1) is 6.92 Å². The van der Waals surface area contributed by atoms with Crippen molar-refractivity contribution < 1.29 is 9.53 Å². The first-order chi connectivity index (χ1) is 9.52. The molecule has 0 aliphatic heterocycles. The van der Waals surface area contributed by atoms with Crippen LogP contribution >= 0.6 is 15.9 Å². The fraction of sp³-hybridized carbons (Fsp3) is 0.143. The van der Waals surface area contributed by atoms with Gasteiger partial charge in [-0.3, -0.25) is 4.79 Å². The number of methoxy groups -OCH3 is 1. The van der Waals surface area contributed by atoms with E-state index in [0.29, 0.717) is 16.9 Å². The Morgan fingerprint density at radius 3 is 2.85 bits per heavy atom. The minimum absolute atomic E-state index is 0.270. The van der Waals surface area contributed by atoms with E-state index in [1.165, 1.54) is 7.11 Å². The van der Waals surface area contributed by atoms with Gasteiger partial charge in [0.05, 0.1) is 18.5 Å². The molecule has 0 fully saturated rings. The van der Waals surface area contributed by atoms with Crippen LogP contribution in [0.2, 0.25) is 0 Å². The molecule has 3 N–H and O–H groups in total. The molecule has 1 amide bonds. The van der Waals surface area contributed by atoms with Gasteiger partial charge in [-0.1, -0.05) is 0 Å². The highest BCUT2D eigenvalue weighted by molar-refractivity contribution is 9.10. The van der Waals surface area contributed by atoms with Crippen molar-refractivity contribution in [1.82, 2.24) is 4.98 Å². The van der Waals surface area contributed by atoms with Crippen LogP contribution in [0.3, 0.4) is 0 Å². The molecule has 5 nitrogen and oxygen atoms in total. The standard InChI is InChI=1S/C14H14BrN3O2/c1-8-6-10(15)12(11(16)7-8)18-13(19)9-4-3-5-17-14(9)20-2/h3-7H,16H2,1-2H3,(H,18,19). The fourth-order valence-electron chi connectivity index (χ4n) is 1.81. The van der Waals surface area contributed by atoms with Crippen LogP contribution in [0.4, 0.5) is 11.4 Å². The Hall–Kier alpha value is -2.08. The number of nitrogens with zero attached hydrogens (tertiary/aromatic N) is 1. The van der Waals surface area contributed by atoms with Gasteiger partial charge in [-0.05, 0) is 52.7 Å². The first-order valence-electron chi connectivity index (χ1n) is 5.89. The highest BCUT2D eigenvalue weighted by Crippen LogP contribution is 2.31. The van der Waals surface area contributed by atoms with Crippen molar-refractivity contribution in [3.63, 3.8) is 0 Å². The highest BCUT2D eigenvalue weighted by atomic mass is 79.9. The van der Waals surface area contributed by atoms with E-state index in [1.807, 2.05) is 13.0 Å². The van der Waals surface area contributed by atoms with Crippen molar-refractivity contribution in [2.45, 2.75) is 6.92 Å². The number of halogens is 1. The van der Waals surface area contributed by atoms with E-state index in [1.54, 1.807) is 24.4 Å². The van der Waals surface area contributed by atoms with Crippen LogP contribution in [-0.2, 0) is 0 Å². The number of nitrogens with one attached hydrogen (secondary N) is 1. The Morgan fingerprint density at radius 1 is 1.45 bits per heavy atom. The Labute approximate surface area is 125 Å². The number of carbonyl (C=O) groups is 1. The maximum Gasteiger partial charge on any atom is 0.261 e. The van der Waals surface area contributed by atoms with Crippen LogP contribution in [0.1, 0.15) is 15.9 Å². The summed E-state index contributed by atoms with van der Waals surface area (Å²) in [5, 5.41) is 2.77. The van der Waals surface area contributed by atoms with Crippen molar-refractivity contribution in [3.8, 4) is 5.88 Å². The predicted molar refractivity (Wildman–Crippen MR) is 82.0 cm³/mol. The van der Waals surface area contributed by atoms with Crippen molar-refractivity contribution in [2.75, 3.05) is 18.2 Å². The van der Waals surface area contributed by atoms with Gasteiger partial charge in [0, 0.05) is 10.7 Å². The van der Waals surface area contributed by atoms with Crippen LogP contribution in [-0.4, -0.2) is 18.0 Å². The summed E-state index contributed by atoms with van der Waals surface area (Å²) < 4.78 is 5.80. The Bertz CT molecular complexity index is 636. The monoisotopic (exact) mass is 335 g/mol. The number of rotatable bonds is 3. The number of aryl methyl sites for hydroxylation is 1. The van der Waals surface area contributed by atoms with Crippen LogP contribution in [0.5, 0.6) is 5.88 Å². The van der Waals surface area contributed by atoms with Gasteiger partial charge in [0.25, 0.3) is 5.91 Å². The van der Waals surface area contributed by atoms with Crippen LogP contribution in [0.25, 0.3) is 0 Å². The van der Waals surface area contributed by atoms with E-state index in [-0.39, 0.29) is 11.8 Å². The van der Waals surface area contributed by atoms with Gasteiger partial charge in [-0.15, -0.1) is 0 Å². The molecule has 0 radical (unpaired) electrons. The number of nitrogens with two attached hydrogens (primary N) is 1.